The van der Waals surface area contributed by atoms with Crippen LogP contribution in [0.2, 0.25) is 0 Å². The van der Waals surface area contributed by atoms with Gasteiger partial charge in [0.15, 0.2) is 0 Å². The molecular formula is C46H29N3. The van der Waals surface area contributed by atoms with Crippen LogP contribution < -0.4 is 0 Å². The van der Waals surface area contributed by atoms with Gasteiger partial charge in [0.1, 0.15) is 0 Å². The van der Waals surface area contributed by atoms with E-state index in [-0.39, 0.29) is 0 Å². The standard InChI is InChI=1S/C46H29N3/c1-4-15-41-39(14-1)44(40-27-26-34-10-8-28-47-45(34)46(40)48-41)33-24-22-31(23-25-33)30-18-20-32(21-19-30)35-9-7-11-36(29-35)49-42-16-5-2-12-37(42)38-13-3-6-17-43(38)49/h1-29H. The molecule has 0 saturated carbocycles. The molecule has 0 bridgehead atoms. The number of benzene rings is 7. The van der Waals surface area contributed by atoms with Crippen molar-refractivity contribution in [1.82, 2.24) is 14.5 Å². The Morgan fingerprint density at radius 2 is 1.00 bits per heavy atom. The number of aromatic nitrogens is 3. The normalized spacial score (nSPS) is 11.7. The molecule has 0 radical (unpaired) electrons. The molecule has 0 aliphatic carbocycles. The average Bonchev–Trinajstić information content (AvgIpc) is 3.52. The lowest BCUT2D eigenvalue weighted by atomic mass is 9.93. The van der Waals surface area contributed by atoms with Crippen LogP contribution >= 0.6 is 0 Å². The van der Waals surface area contributed by atoms with Gasteiger partial charge in [-0.1, -0.05) is 133 Å². The summed E-state index contributed by atoms with van der Waals surface area (Å²) in [4.78, 5) is 9.78. The lowest BCUT2D eigenvalue weighted by Crippen LogP contribution is -1.94. The highest BCUT2D eigenvalue weighted by Crippen LogP contribution is 2.38. The van der Waals surface area contributed by atoms with E-state index >= 15 is 0 Å². The molecule has 0 N–H and O–H groups in total. The van der Waals surface area contributed by atoms with Gasteiger partial charge in [-0.05, 0) is 64.2 Å². The molecule has 7 aromatic carbocycles. The summed E-state index contributed by atoms with van der Waals surface area (Å²) in [5.74, 6) is 0. The first-order valence-corrected chi connectivity index (χ1v) is 16.7. The van der Waals surface area contributed by atoms with Crippen LogP contribution in [-0.2, 0) is 0 Å². The van der Waals surface area contributed by atoms with Crippen molar-refractivity contribution in [2.45, 2.75) is 0 Å². The maximum atomic E-state index is 5.07. The van der Waals surface area contributed by atoms with Crippen LogP contribution in [0.1, 0.15) is 0 Å². The molecule has 3 aromatic heterocycles. The zero-order valence-corrected chi connectivity index (χ0v) is 26.6. The number of hydrogen-bond donors (Lipinski definition) is 0. The lowest BCUT2D eigenvalue weighted by molar-refractivity contribution is 1.18. The van der Waals surface area contributed by atoms with Gasteiger partial charge in [-0.25, -0.2) is 4.98 Å². The summed E-state index contributed by atoms with van der Waals surface area (Å²) >= 11 is 0. The monoisotopic (exact) mass is 623 g/mol. The number of nitrogens with zero attached hydrogens (tertiary/aromatic N) is 3. The minimum Gasteiger partial charge on any atom is -0.309 e. The fraction of sp³-hybridized carbons (Fsp3) is 0. The molecule has 0 spiro atoms. The van der Waals surface area contributed by atoms with E-state index in [2.05, 4.69) is 168 Å². The van der Waals surface area contributed by atoms with Crippen molar-refractivity contribution >= 4 is 54.5 Å². The van der Waals surface area contributed by atoms with E-state index < -0.39 is 0 Å². The Bertz CT molecular complexity index is 2810. The second kappa shape index (κ2) is 11.0. The van der Waals surface area contributed by atoms with Crippen molar-refractivity contribution in [2.24, 2.45) is 0 Å². The number of rotatable bonds is 4. The molecule has 0 unspecified atom stereocenters. The summed E-state index contributed by atoms with van der Waals surface area (Å²) in [5.41, 5.74) is 13.6. The smallest absolute Gasteiger partial charge is 0.0978 e. The molecule has 0 aliphatic rings. The van der Waals surface area contributed by atoms with Gasteiger partial charge in [0.25, 0.3) is 0 Å². The van der Waals surface area contributed by atoms with E-state index in [4.69, 9.17) is 9.97 Å². The topological polar surface area (TPSA) is 30.7 Å². The summed E-state index contributed by atoms with van der Waals surface area (Å²) in [6.45, 7) is 0. The van der Waals surface area contributed by atoms with Crippen molar-refractivity contribution in [3.05, 3.63) is 176 Å². The molecule has 49 heavy (non-hydrogen) atoms. The molecule has 0 fully saturated rings. The zero-order valence-electron chi connectivity index (χ0n) is 26.6. The SMILES string of the molecule is c1cc(-c2ccc(-c3ccc(-c4c5ccccc5nc5c4ccc4cccnc45)cc3)cc2)cc(-n2c3ccccc3c3ccccc32)c1. The molecule has 10 rings (SSSR count). The molecule has 228 valence electrons. The fourth-order valence-electron chi connectivity index (χ4n) is 7.51. The minimum absolute atomic E-state index is 0.935. The summed E-state index contributed by atoms with van der Waals surface area (Å²) in [6, 6.07) is 60.9. The highest BCUT2D eigenvalue weighted by Gasteiger charge is 2.15. The average molecular weight is 624 g/mol. The van der Waals surface area contributed by atoms with E-state index in [1.165, 1.54) is 55.2 Å². The Morgan fingerprint density at radius 1 is 0.388 bits per heavy atom. The van der Waals surface area contributed by atoms with Crippen molar-refractivity contribution in [3.63, 3.8) is 0 Å². The van der Waals surface area contributed by atoms with Crippen molar-refractivity contribution in [3.8, 4) is 39.1 Å². The Kier molecular flexibility index (Phi) is 6.18. The van der Waals surface area contributed by atoms with Crippen LogP contribution in [0.5, 0.6) is 0 Å². The number of fused-ring (bicyclic) bond motifs is 7. The molecule has 0 aliphatic heterocycles. The van der Waals surface area contributed by atoms with Gasteiger partial charge in [-0.2, -0.15) is 0 Å². The van der Waals surface area contributed by atoms with Gasteiger partial charge in [0, 0.05) is 44.4 Å². The molecule has 0 saturated heterocycles. The molecule has 0 atom stereocenters. The van der Waals surface area contributed by atoms with Gasteiger partial charge in [0.05, 0.1) is 27.6 Å². The van der Waals surface area contributed by atoms with Crippen LogP contribution in [0.4, 0.5) is 0 Å². The van der Waals surface area contributed by atoms with Gasteiger partial charge in [0.2, 0.25) is 0 Å². The third-order valence-corrected chi connectivity index (χ3v) is 9.83. The largest absolute Gasteiger partial charge is 0.309 e. The molecular weight excluding hydrogens is 595 g/mol. The maximum Gasteiger partial charge on any atom is 0.0978 e. The van der Waals surface area contributed by atoms with E-state index in [1.807, 2.05) is 12.3 Å². The minimum atomic E-state index is 0.935. The van der Waals surface area contributed by atoms with Crippen LogP contribution in [0.3, 0.4) is 0 Å². The maximum absolute atomic E-state index is 5.07. The molecule has 3 heterocycles. The van der Waals surface area contributed by atoms with Crippen LogP contribution in [0.15, 0.2) is 176 Å². The molecule has 3 nitrogen and oxygen atoms in total. The lowest BCUT2D eigenvalue weighted by Gasteiger charge is -2.13. The van der Waals surface area contributed by atoms with Gasteiger partial charge in [-0.15, -0.1) is 0 Å². The molecule has 10 aromatic rings. The van der Waals surface area contributed by atoms with Gasteiger partial charge in [-0.3, -0.25) is 4.98 Å². The Labute approximate surface area is 283 Å². The third kappa shape index (κ3) is 4.44. The highest BCUT2D eigenvalue weighted by atomic mass is 15.0. The third-order valence-electron chi connectivity index (χ3n) is 9.83. The first-order chi connectivity index (χ1) is 24.3. The van der Waals surface area contributed by atoms with Crippen molar-refractivity contribution in [1.29, 1.82) is 0 Å². The summed E-state index contributed by atoms with van der Waals surface area (Å²) in [5, 5.41) is 5.90. The number of para-hydroxylation sites is 3. The van der Waals surface area contributed by atoms with Crippen molar-refractivity contribution in [2.75, 3.05) is 0 Å². The van der Waals surface area contributed by atoms with Crippen LogP contribution in [-0.4, -0.2) is 14.5 Å². The van der Waals surface area contributed by atoms with Crippen LogP contribution in [0.25, 0.3) is 93.6 Å². The van der Waals surface area contributed by atoms with E-state index in [0.717, 1.165) is 38.4 Å². The summed E-state index contributed by atoms with van der Waals surface area (Å²) in [6.07, 6.45) is 1.85. The summed E-state index contributed by atoms with van der Waals surface area (Å²) < 4.78 is 2.37. The first kappa shape index (κ1) is 27.5. The fourth-order valence-corrected chi connectivity index (χ4v) is 7.51. The number of hydrogen-bond acceptors (Lipinski definition) is 2. The van der Waals surface area contributed by atoms with E-state index in [1.54, 1.807) is 0 Å². The Balaban J connectivity index is 1.01. The van der Waals surface area contributed by atoms with Crippen molar-refractivity contribution < 1.29 is 0 Å². The quantitative estimate of drug-likeness (QED) is 0.144. The molecule has 0 amide bonds. The predicted octanol–water partition coefficient (Wildman–Crippen LogP) is 12.0. The van der Waals surface area contributed by atoms with E-state index in [0.29, 0.717) is 0 Å². The second-order valence-corrected chi connectivity index (χ2v) is 12.6. The Hall–Kier alpha value is -6.58. The van der Waals surface area contributed by atoms with E-state index in [9.17, 15) is 0 Å². The first-order valence-electron chi connectivity index (χ1n) is 16.7. The zero-order chi connectivity index (χ0) is 32.3. The van der Waals surface area contributed by atoms with Gasteiger partial charge < -0.3 is 4.57 Å². The Morgan fingerprint density at radius 3 is 1.71 bits per heavy atom. The predicted molar refractivity (Wildman–Crippen MR) is 205 cm³/mol. The van der Waals surface area contributed by atoms with Gasteiger partial charge >= 0.3 is 0 Å². The van der Waals surface area contributed by atoms with Crippen LogP contribution in [0, 0.1) is 0 Å². The number of pyridine rings is 2. The summed E-state index contributed by atoms with van der Waals surface area (Å²) in [7, 11) is 0. The second-order valence-electron chi connectivity index (χ2n) is 12.6. The molecule has 3 heteroatoms. The highest BCUT2D eigenvalue weighted by molar-refractivity contribution is 6.16.